The van der Waals surface area contributed by atoms with Crippen molar-refractivity contribution in [3.63, 3.8) is 0 Å². The minimum Gasteiger partial charge on any atom is -0.354 e. The van der Waals surface area contributed by atoms with E-state index in [1.54, 1.807) is 27.0 Å². The molecule has 25 heavy (non-hydrogen) atoms. The summed E-state index contributed by atoms with van der Waals surface area (Å²) in [7, 11) is 0. The first kappa shape index (κ1) is 19.3. The van der Waals surface area contributed by atoms with E-state index < -0.39 is 17.4 Å². The molecule has 1 N–H and O–H groups in total. The molecule has 0 aliphatic heterocycles. The molecule has 2 aromatic rings. The Bertz CT molecular complexity index is 751. The van der Waals surface area contributed by atoms with Gasteiger partial charge in [-0.05, 0) is 33.3 Å². The topological polar surface area (TPSA) is 64.7 Å². The second-order valence-electron chi connectivity index (χ2n) is 6.16. The SMILES string of the molecule is Cc1cc(C(F)(F)F)nn1CCCNC(=O)C(C)(C)n1cc(Cl)cn1. The van der Waals surface area contributed by atoms with Gasteiger partial charge in [0.1, 0.15) is 5.54 Å². The Morgan fingerprint density at radius 2 is 2.04 bits per heavy atom. The minimum atomic E-state index is -4.46. The third kappa shape index (κ3) is 4.53. The average Bonchev–Trinajstić information content (AvgIpc) is 3.09. The van der Waals surface area contributed by atoms with Crippen LogP contribution in [-0.4, -0.2) is 32.0 Å². The number of aryl methyl sites for hydroxylation is 2. The molecule has 138 valence electrons. The lowest BCUT2D eigenvalue weighted by Gasteiger charge is -2.24. The molecule has 0 saturated carbocycles. The lowest BCUT2D eigenvalue weighted by Crippen LogP contribution is -2.45. The number of hydrogen-bond acceptors (Lipinski definition) is 3. The van der Waals surface area contributed by atoms with Crippen LogP contribution in [-0.2, 0) is 23.1 Å². The van der Waals surface area contributed by atoms with Gasteiger partial charge in [0.15, 0.2) is 5.69 Å². The maximum atomic E-state index is 12.6. The van der Waals surface area contributed by atoms with Gasteiger partial charge in [0.05, 0.1) is 11.2 Å². The number of amides is 1. The minimum absolute atomic E-state index is 0.263. The fraction of sp³-hybridized carbons (Fsp3) is 0.533. The molecule has 0 fully saturated rings. The summed E-state index contributed by atoms with van der Waals surface area (Å²) < 4.78 is 40.6. The molecule has 0 atom stereocenters. The summed E-state index contributed by atoms with van der Waals surface area (Å²) in [4.78, 5) is 12.3. The molecular formula is C15H19ClF3N5O. The van der Waals surface area contributed by atoms with Gasteiger partial charge in [0, 0.05) is 25.0 Å². The van der Waals surface area contributed by atoms with Crippen molar-refractivity contribution < 1.29 is 18.0 Å². The van der Waals surface area contributed by atoms with E-state index >= 15 is 0 Å². The summed E-state index contributed by atoms with van der Waals surface area (Å²) in [5.74, 6) is -0.263. The van der Waals surface area contributed by atoms with Gasteiger partial charge >= 0.3 is 6.18 Å². The fourth-order valence-corrected chi connectivity index (χ4v) is 2.37. The monoisotopic (exact) mass is 377 g/mol. The Hall–Kier alpha value is -2.03. The van der Waals surface area contributed by atoms with Gasteiger partial charge in [0.25, 0.3) is 0 Å². The molecular weight excluding hydrogens is 359 g/mol. The number of alkyl halides is 3. The lowest BCUT2D eigenvalue weighted by atomic mass is 10.1. The molecule has 10 heteroatoms. The van der Waals surface area contributed by atoms with Crippen molar-refractivity contribution in [3.05, 3.63) is 34.9 Å². The second kappa shape index (κ2) is 7.07. The fourth-order valence-electron chi connectivity index (χ4n) is 2.23. The number of nitrogens with zero attached hydrogens (tertiary/aromatic N) is 4. The summed E-state index contributed by atoms with van der Waals surface area (Å²) in [5, 5.41) is 10.7. The first-order valence-corrected chi connectivity index (χ1v) is 8.00. The quantitative estimate of drug-likeness (QED) is 0.787. The van der Waals surface area contributed by atoms with Gasteiger partial charge in [-0.3, -0.25) is 14.2 Å². The molecule has 2 heterocycles. The smallest absolute Gasteiger partial charge is 0.354 e. The van der Waals surface area contributed by atoms with Crippen molar-refractivity contribution in [3.8, 4) is 0 Å². The first-order valence-electron chi connectivity index (χ1n) is 7.62. The summed E-state index contributed by atoms with van der Waals surface area (Å²) in [6.45, 7) is 5.53. The zero-order valence-electron chi connectivity index (χ0n) is 14.1. The van der Waals surface area contributed by atoms with Crippen molar-refractivity contribution in [2.75, 3.05) is 6.54 Å². The van der Waals surface area contributed by atoms with Crippen LogP contribution in [0.3, 0.4) is 0 Å². The summed E-state index contributed by atoms with van der Waals surface area (Å²) >= 11 is 5.81. The van der Waals surface area contributed by atoms with Crippen LogP contribution < -0.4 is 5.32 Å². The van der Waals surface area contributed by atoms with Gasteiger partial charge in [-0.2, -0.15) is 23.4 Å². The maximum absolute atomic E-state index is 12.6. The molecule has 0 aliphatic rings. The van der Waals surface area contributed by atoms with Crippen molar-refractivity contribution in [2.24, 2.45) is 0 Å². The highest BCUT2D eigenvalue weighted by Crippen LogP contribution is 2.28. The van der Waals surface area contributed by atoms with Crippen LogP contribution >= 0.6 is 11.6 Å². The van der Waals surface area contributed by atoms with E-state index in [4.69, 9.17) is 11.6 Å². The molecule has 2 aromatic heterocycles. The molecule has 6 nitrogen and oxygen atoms in total. The number of carbonyl (C=O) groups excluding carboxylic acids is 1. The van der Waals surface area contributed by atoms with Gasteiger partial charge in [-0.25, -0.2) is 0 Å². The van der Waals surface area contributed by atoms with E-state index in [0.29, 0.717) is 23.7 Å². The summed E-state index contributed by atoms with van der Waals surface area (Å²) in [6.07, 6.45) is -1.02. The van der Waals surface area contributed by atoms with E-state index in [1.807, 2.05) is 0 Å². The number of carbonyl (C=O) groups is 1. The largest absolute Gasteiger partial charge is 0.435 e. The van der Waals surface area contributed by atoms with Crippen LogP contribution in [0.25, 0.3) is 0 Å². The first-order chi connectivity index (χ1) is 11.5. The molecule has 1 amide bonds. The molecule has 0 aliphatic carbocycles. The van der Waals surface area contributed by atoms with E-state index in [1.165, 1.54) is 15.6 Å². The number of nitrogens with one attached hydrogen (secondary N) is 1. The van der Waals surface area contributed by atoms with E-state index in [9.17, 15) is 18.0 Å². The van der Waals surface area contributed by atoms with E-state index in [0.717, 1.165) is 6.07 Å². The van der Waals surface area contributed by atoms with Crippen LogP contribution in [0.1, 0.15) is 31.7 Å². The molecule has 0 bridgehead atoms. The number of hydrogen-bond donors (Lipinski definition) is 1. The number of rotatable bonds is 6. The highest BCUT2D eigenvalue weighted by Gasteiger charge is 2.34. The highest BCUT2D eigenvalue weighted by molar-refractivity contribution is 6.30. The van der Waals surface area contributed by atoms with E-state index in [-0.39, 0.29) is 12.5 Å². The van der Waals surface area contributed by atoms with Gasteiger partial charge in [-0.1, -0.05) is 11.6 Å². The molecule has 0 aromatic carbocycles. The van der Waals surface area contributed by atoms with Gasteiger partial charge < -0.3 is 5.32 Å². The molecule has 2 rings (SSSR count). The van der Waals surface area contributed by atoms with Crippen LogP contribution in [0.15, 0.2) is 18.5 Å². The Morgan fingerprint density at radius 1 is 1.36 bits per heavy atom. The zero-order valence-corrected chi connectivity index (χ0v) is 14.8. The Kier molecular flexibility index (Phi) is 5.46. The Labute approximate surface area is 147 Å². The second-order valence-corrected chi connectivity index (χ2v) is 6.60. The lowest BCUT2D eigenvalue weighted by molar-refractivity contribution is -0.141. The predicted octanol–water partition coefficient (Wildman–Crippen LogP) is 3.00. The van der Waals surface area contributed by atoms with Gasteiger partial charge in [0.2, 0.25) is 5.91 Å². The normalized spacial score (nSPS) is 12.4. The third-order valence-corrected chi connectivity index (χ3v) is 3.98. The zero-order chi connectivity index (χ0) is 18.8. The van der Waals surface area contributed by atoms with Crippen LogP contribution in [0.5, 0.6) is 0 Å². The Balaban J connectivity index is 1.87. The summed E-state index contributed by atoms with van der Waals surface area (Å²) in [5.41, 5.74) is -1.42. The van der Waals surface area contributed by atoms with Crippen LogP contribution in [0, 0.1) is 6.92 Å². The van der Waals surface area contributed by atoms with Crippen LogP contribution in [0.2, 0.25) is 5.02 Å². The van der Waals surface area contributed by atoms with E-state index in [2.05, 4.69) is 15.5 Å². The number of halogens is 4. The maximum Gasteiger partial charge on any atom is 0.435 e. The molecule has 0 radical (unpaired) electrons. The van der Waals surface area contributed by atoms with Crippen molar-refractivity contribution >= 4 is 17.5 Å². The van der Waals surface area contributed by atoms with Crippen molar-refractivity contribution in [2.45, 2.75) is 45.5 Å². The average molecular weight is 378 g/mol. The van der Waals surface area contributed by atoms with Crippen LogP contribution in [0.4, 0.5) is 13.2 Å². The Morgan fingerprint density at radius 3 is 2.56 bits per heavy atom. The molecule has 0 saturated heterocycles. The highest BCUT2D eigenvalue weighted by atomic mass is 35.5. The van der Waals surface area contributed by atoms with Crippen molar-refractivity contribution in [1.82, 2.24) is 24.9 Å². The summed E-state index contributed by atoms with van der Waals surface area (Å²) in [6, 6.07) is 1.00. The van der Waals surface area contributed by atoms with Gasteiger partial charge in [-0.15, -0.1) is 0 Å². The predicted molar refractivity (Wildman–Crippen MR) is 86.2 cm³/mol. The number of aromatic nitrogens is 4. The molecule has 0 unspecified atom stereocenters. The van der Waals surface area contributed by atoms with Crippen molar-refractivity contribution in [1.29, 1.82) is 0 Å². The standard InChI is InChI=1S/C15H19ClF3N5O/c1-10-7-12(15(17,18)19)22-23(10)6-4-5-20-13(25)14(2,3)24-9-11(16)8-21-24/h7-9H,4-6H2,1-3H3,(H,20,25). The third-order valence-electron chi connectivity index (χ3n) is 3.78. The molecule has 0 spiro atoms.